The maximum atomic E-state index is 13.2. The summed E-state index contributed by atoms with van der Waals surface area (Å²) in [5.41, 5.74) is 9.78. The van der Waals surface area contributed by atoms with Crippen LogP contribution in [0.25, 0.3) is 11.1 Å². The van der Waals surface area contributed by atoms with Crippen LogP contribution in [-0.4, -0.2) is 43.2 Å². The SMILES string of the molecule is COCCNc1cc(C(=O)Nc2ccccc2CC(=O)O)cc(-c2cccc(CC(N)=O)c2)c1. The Morgan fingerprint density at radius 2 is 1.74 bits per heavy atom. The fourth-order valence-electron chi connectivity index (χ4n) is 3.54. The molecular formula is C26H27N3O5. The van der Waals surface area contributed by atoms with Gasteiger partial charge in [-0.2, -0.15) is 0 Å². The first-order valence-electron chi connectivity index (χ1n) is 10.7. The number of hydrogen-bond acceptors (Lipinski definition) is 5. The van der Waals surface area contributed by atoms with Crippen LogP contribution in [0, 0.1) is 0 Å². The summed E-state index contributed by atoms with van der Waals surface area (Å²) in [5.74, 6) is -1.78. The van der Waals surface area contributed by atoms with E-state index >= 15 is 0 Å². The molecule has 0 unspecified atom stereocenters. The average Bonchev–Trinajstić information content (AvgIpc) is 2.80. The van der Waals surface area contributed by atoms with Crippen molar-refractivity contribution in [2.45, 2.75) is 12.8 Å². The van der Waals surface area contributed by atoms with Crippen molar-refractivity contribution in [3.63, 3.8) is 0 Å². The van der Waals surface area contributed by atoms with Crippen molar-refractivity contribution in [3.05, 3.63) is 83.4 Å². The monoisotopic (exact) mass is 461 g/mol. The number of ether oxygens (including phenoxy) is 1. The Kier molecular flexibility index (Phi) is 8.37. The van der Waals surface area contributed by atoms with Crippen LogP contribution in [0.1, 0.15) is 21.5 Å². The van der Waals surface area contributed by atoms with Crippen LogP contribution < -0.4 is 16.4 Å². The highest BCUT2D eigenvalue weighted by Gasteiger charge is 2.14. The molecule has 0 spiro atoms. The van der Waals surface area contributed by atoms with Gasteiger partial charge in [-0.05, 0) is 46.5 Å². The first-order valence-corrected chi connectivity index (χ1v) is 10.7. The summed E-state index contributed by atoms with van der Waals surface area (Å²) in [7, 11) is 1.61. The van der Waals surface area contributed by atoms with Crippen LogP contribution in [0.2, 0.25) is 0 Å². The van der Waals surface area contributed by atoms with E-state index in [4.69, 9.17) is 15.6 Å². The van der Waals surface area contributed by atoms with Crippen molar-refractivity contribution >= 4 is 29.2 Å². The molecule has 0 atom stereocenters. The zero-order valence-corrected chi connectivity index (χ0v) is 18.8. The van der Waals surface area contributed by atoms with Gasteiger partial charge in [-0.25, -0.2) is 0 Å². The number of nitrogens with one attached hydrogen (secondary N) is 2. The Bertz CT molecular complexity index is 1190. The highest BCUT2D eigenvalue weighted by atomic mass is 16.5. The summed E-state index contributed by atoms with van der Waals surface area (Å²) in [5, 5.41) is 15.2. The number of carboxylic acids is 1. The Labute approximate surface area is 197 Å². The molecule has 0 bridgehead atoms. The smallest absolute Gasteiger partial charge is 0.307 e. The van der Waals surface area contributed by atoms with Gasteiger partial charge in [-0.15, -0.1) is 0 Å². The molecule has 0 saturated heterocycles. The van der Waals surface area contributed by atoms with Crippen LogP contribution in [0.5, 0.6) is 0 Å². The van der Waals surface area contributed by atoms with Gasteiger partial charge < -0.3 is 26.2 Å². The maximum Gasteiger partial charge on any atom is 0.307 e. The molecule has 3 aromatic rings. The highest BCUT2D eigenvalue weighted by molar-refractivity contribution is 6.06. The Balaban J connectivity index is 1.95. The zero-order chi connectivity index (χ0) is 24.5. The molecule has 0 aromatic heterocycles. The highest BCUT2D eigenvalue weighted by Crippen LogP contribution is 2.27. The predicted octanol–water partition coefficient (Wildman–Crippen LogP) is 3.32. The molecule has 0 aliphatic heterocycles. The molecule has 2 amide bonds. The summed E-state index contributed by atoms with van der Waals surface area (Å²) in [6, 6.07) is 19.6. The molecule has 3 aromatic carbocycles. The number of rotatable bonds is 11. The van der Waals surface area contributed by atoms with E-state index in [0.29, 0.717) is 30.0 Å². The lowest BCUT2D eigenvalue weighted by molar-refractivity contribution is -0.136. The minimum absolute atomic E-state index is 0.118. The number of methoxy groups -OCH3 is 1. The number of carboxylic acid groups (broad SMARTS) is 1. The second kappa shape index (κ2) is 11.6. The van der Waals surface area contributed by atoms with Crippen LogP contribution in [0.3, 0.4) is 0 Å². The number of primary amides is 1. The van der Waals surface area contributed by atoms with Gasteiger partial charge >= 0.3 is 5.97 Å². The fourth-order valence-corrected chi connectivity index (χ4v) is 3.54. The van der Waals surface area contributed by atoms with Crippen LogP contribution in [-0.2, 0) is 27.2 Å². The molecule has 8 nitrogen and oxygen atoms in total. The molecule has 0 heterocycles. The van der Waals surface area contributed by atoms with Crippen molar-refractivity contribution in [2.75, 3.05) is 30.9 Å². The molecule has 3 rings (SSSR count). The second-order valence-corrected chi connectivity index (χ2v) is 7.74. The van der Waals surface area contributed by atoms with Crippen molar-refractivity contribution in [2.24, 2.45) is 5.73 Å². The van der Waals surface area contributed by atoms with Gasteiger partial charge in [-0.3, -0.25) is 14.4 Å². The molecule has 0 aliphatic carbocycles. The minimum Gasteiger partial charge on any atom is -0.481 e. The van der Waals surface area contributed by atoms with Crippen molar-refractivity contribution in [1.82, 2.24) is 0 Å². The first kappa shape index (κ1) is 24.5. The van der Waals surface area contributed by atoms with E-state index < -0.39 is 11.9 Å². The van der Waals surface area contributed by atoms with Crippen LogP contribution in [0.4, 0.5) is 11.4 Å². The summed E-state index contributed by atoms with van der Waals surface area (Å²) in [4.78, 5) is 35.7. The molecule has 0 radical (unpaired) electrons. The molecule has 0 fully saturated rings. The average molecular weight is 462 g/mol. The summed E-state index contributed by atoms with van der Waals surface area (Å²) in [6.45, 7) is 1.03. The molecule has 0 saturated carbocycles. The Morgan fingerprint density at radius 3 is 2.47 bits per heavy atom. The molecular weight excluding hydrogens is 434 g/mol. The van der Waals surface area contributed by atoms with Gasteiger partial charge in [-0.1, -0.05) is 42.5 Å². The third-order valence-electron chi connectivity index (χ3n) is 5.08. The third kappa shape index (κ3) is 6.91. The number of aliphatic carboxylic acids is 1. The van der Waals surface area contributed by atoms with Crippen LogP contribution in [0.15, 0.2) is 66.7 Å². The van der Waals surface area contributed by atoms with Crippen molar-refractivity contribution in [3.8, 4) is 11.1 Å². The third-order valence-corrected chi connectivity index (χ3v) is 5.08. The second-order valence-electron chi connectivity index (χ2n) is 7.74. The van der Waals surface area contributed by atoms with Gasteiger partial charge in [0.2, 0.25) is 5.91 Å². The quantitative estimate of drug-likeness (QED) is 0.324. The normalized spacial score (nSPS) is 10.5. The maximum absolute atomic E-state index is 13.2. The Morgan fingerprint density at radius 1 is 0.941 bits per heavy atom. The van der Waals surface area contributed by atoms with Gasteiger partial charge in [0.05, 0.1) is 19.4 Å². The molecule has 5 N–H and O–H groups in total. The first-order chi connectivity index (χ1) is 16.4. The molecule has 176 valence electrons. The van der Waals surface area contributed by atoms with E-state index in [0.717, 1.165) is 22.4 Å². The van der Waals surface area contributed by atoms with E-state index in [1.54, 1.807) is 43.5 Å². The topological polar surface area (TPSA) is 131 Å². The van der Waals surface area contributed by atoms with Gasteiger partial charge in [0.25, 0.3) is 5.91 Å². The Hall–Kier alpha value is -4.17. The molecule has 34 heavy (non-hydrogen) atoms. The number of carbonyl (C=O) groups excluding carboxylic acids is 2. The van der Waals surface area contributed by atoms with E-state index in [2.05, 4.69) is 10.6 Å². The fraction of sp³-hybridized carbons (Fsp3) is 0.192. The minimum atomic E-state index is -0.982. The van der Waals surface area contributed by atoms with E-state index in [9.17, 15) is 14.4 Å². The van der Waals surface area contributed by atoms with Gasteiger partial charge in [0.15, 0.2) is 0 Å². The van der Waals surface area contributed by atoms with Gasteiger partial charge in [0.1, 0.15) is 0 Å². The largest absolute Gasteiger partial charge is 0.481 e. The van der Waals surface area contributed by atoms with Crippen molar-refractivity contribution in [1.29, 1.82) is 0 Å². The lowest BCUT2D eigenvalue weighted by Gasteiger charge is -2.14. The number of hydrogen-bond donors (Lipinski definition) is 4. The van der Waals surface area contributed by atoms with Crippen LogP contribution >= 0.6 is 0 Å². The molecule has 8 heteroatoms. The predicted molar refractivity (Wildman–Crippen MR) is 131 cm³/mol. The standard InChI is InChI=1S/C26H27N3O5/c1-34-10-9-28-22-14-20(18-7-4-5-17(11-18)12-24(27)30)13-21(15-22)26(33)29-23-8-3-2-6-19(23)16-25(31)32/h2-8,11,13-15,28H,9-10,12,16H2,1H3,(H2,27,30)(H,29,33)(H,31,32). The zero-order valence-electron chi connectivity index (χ0n) is 18.8. The lowest BCUT2D eigenvalue weighted by atomic mass is 9.98. The number of carbonyl (C=O) groups is 3. The number of amides is 2. The number of para-hydroxylation sites is 1. The summed E-state index contributed by atoms with van der Waals surface area (Å²) in [6.07, 6.45) is -0.0830. The van der Waals surface area contributed by atoms with Gasteiger partial charge in [0, 0.05) is 30.6 Å². The summed E-state index contributed by atoms with van der Waals surface area (Å²) < 4.78 is 5.10. The van der Waals surface area contributed by atoms with Crippen molar-refractivity contribution < 1.29 is 24.2 Å². The lowest BCUT2D eigenvalue weighted by Crippen LogP contribution is -2.15. The number of nitrogens with two attached hydrogens (primary N) is 1. The summed E-state index contributed by atoms with van der Waals surface area (Å²) >= 11 is 0. The van der Waals surface area contributed by atoms with E-state index in [1.165, 1.54) is 0 Å². The van der Waals surface area contributed by atoms with E-state index in [-0.39, 0.29) is 18.7 Å². The molecule has 0 aliphatic rings. The number of benzene rings is 3. The number of anilines is 2. The van der Waals surface area contributed by atoms with E-state index in [1.807, 2.05) is 30.3 Å².